The molecule has 1 aliphatic rings. The van der Waals surface area contributed by atoms with Crippen molar-refractivity contribution in [1.29, 1.82) is 0 Å². The first-order valence-electron chi connectivity index (χ1n) is 9.41. The zero-order valence-corrected chi connectivity index (χ0v) is 18.0. The van der Waals surface area contributed by atoms with Gasteiger partial charge in [0, 0.05) is 26.7 Å². The summed E-state index contributed by atoms with van der Waals surface area (Å²) in [5, 5.41) is 10.8. The average molecular weight is 423 g/mol. The third-order valence-corrected chi connectivity index (χ3v) is 5.67. The normalized spacial score (nSPS) is 19.2. The van der Waals surface area contributed by atoms with Gasteiger partial charge in [0.1, 0.15) is 0 Å². The second-order valence-corrected chi connectivity index (χ2v) is 7.86. The molecule has 1 N–H and O–H groups in total. The van der Waals surface area contributed by atoms with Crippen molar-refractivity contribution < 1.29 is 9.90 Å². The summed E-state index contributed by atoms with van der Waals surface area (Å²) in [4.78, 5) is 17.0. The van der Waals surface area contributed by atoms with Gasteiger partial charge in [-0.05, 0) is 36.6 Å². The minimum Gasteiger partial charge on any atom is -0.392 e. The number of β-amino-alcohol motifs (C(OH)–C–C–N with tert-alkyl or cyclic N) is 1. The van der Waals surface area contributed by atoms with Crippen LogP contribution >= 0.6 is 23.2 Å². The Labute approximate surface area is 177 Å². The molecule has 152 valence electrons. The zero-order valence-electron chi connectivity index (χ0n) is 16.4. The van der Waals surface area contributed by atoms with E-state index in [-0.39, 0.29) is 24.5 Å². The summed E-state index contributed by atoms with van der Waals surface area (Å²) >= 11 is 12.1. The standard InChI is InChI=1S/C22H28Cl2N2O2/c1-4-6-17(7-5-2)21(15-26-11-10-18(27)14-26)25(3)22(28)13-16-8-9-19(23)20(24)12-16/h4-9,12,18,21,27H,1,10-11,13-15H2,2-3H3/b7-5-,17-6+/t18-,21+/m0/s1. The molecule has 1 aromatic rings. The Morgan fingerprint density at radius 3 is 2.75 bits per heavy atom. The first-order valence-corrected chi connectivity index (χ1v) is 10.2. The highest BCUT2D eigenvalue weighted by atomic mass is 35.5. The predicted octanol–water partition coefficient (Wildman–Crippen LogP) is 4.12. The molecular formula is C22H28Cl2N2O2. The Kier molecular flexibility index (Phi) is 8.77. The van der Waals surface area contributed by atoms with Gasteiger partial charge in [0.05, 0.1) is 28.6 Å². The topological polar surface area (TPSA) is 43.8 Å². The summed E-state index contributed by atoms with van der Waals surface area (Å²) in [6.07, 6.45) is 8.33. The third kappa shape index (κ3) is 6.21. The van der Waals surface area contributed by atoms with Gasteiger partial charge in [0.15, 0.2) is 0 Å². The molecule has 0 aliphatic carbocycles. The molecule has 2 rings (SSSR count). The molecule has 0 saturated carbocycles. The van der Waals surface area contributed by atoms with E-state index in [1.54, 1.807) is 23.1 Å². The van der Waals surface area contributed by atoms with E-state index in [2.05, 4.69) is 11.5 Å². The summed E-state index contributed by atoms with van der Waals surface area (Å²) < 4.78 is 0. The molecule has 1 saturated heterocycles. The van der Waals surface area contributed by atoms with Crippen molar-refractivity contribution in [2.24, 2.45) is 0 Å². The number of hydrogen-bond donors (Lipinski definition) is 1. The van der Waals surface area contributed by atoms with E-state index in [1.807, 2.05) is 38.3 Å². The first kappa shape index (κ1) is 22.7. The monoisotopic (exact) mass is 422 g/mol. The number of benzene rings is 1. The maximum Gasteiger partial charge on any atom is 0.227 e. The molecule has 0 aromatic heterocycles. The van der Waals surface area contributed by atoms with E-state index in [4.69, 9.17) is 23.2 Å². The van der Waals surface area contributed by atoms with Crippen LogP contribution in [0.4, 0.5) is 0 Å². The number of aliphatic hydroxyl groups is 1. The average Bonchev–Trinajstić information content (AvgIpc) is 3.07. The lowest BCUT2D eigenvalue weighted by molar-refractivity contribution is -0.130. The number of likely N-dealkylation sites (N-methyl/N-ethyl adjacent to an activating group) is 1. The molecular weight excluding hydrogens is 395 g/mol. The molecule has 1 aromatic carbocycles. The first-order chi connectivity index (χ1) is 13.3. The fraction of sp³-hybridized carbons (Fsp3) is 0.409. The number of carbonyl (C=O) groups excluding carboxylic acids is 1. The number of nitrogens with zero attached hydrogens (tertiary/aromatic N) is 2. The predicted molar refractivity (Wildman–Crippen MR) is 117 cm³/mol. The van der Waals surface area contributed by atoms with Gasteiger partial charge in [-0.25, -0.2) is 0 Å². The molecule has 1 fully saturated rings. The number of aliphatic hydroxyl groups excluding tert-OH is 1. The molecule has 0 unspecified atom stereocenters. The van der Waals surface area contributed by atoms with Crippen molar-refractivity contribution >= 4 is 29.1 Å². The molecule has 28 heavy (non-hydrogen) atoms. The van der Waals surface area contributed by atoms with Gasteiger partial charge >= 0.3 is 0 Å². The molecule has 6 heteroatoms. The van der Waals surface area contributed by atoms with Crippen LogP contribution in [0.3, 0.4) is 0 Å². The summed E-state index contributed by atoms with van der Waals surface area (Å²) in [6, 6.07) is 5.11. The SMILES string of the molecule is C=C/C=C(\C=C/C)[C@@H](CN1CC[C@H](O)C1)N(C)C(=O)Cc1ccc(Cl)c(Cl)c1. The van der Waals surface area contributed by atoms with Crippen LogP contribution in [0.15, 0.2) is 54.7 Å². The van der Waals surface area contributed by atoms with Crippen LogP contribution in [0.1, 0.15) is 18.9 Å². The molecule has 4 nitrogen and oxygen atoms in total. The highest BCUT2D eigenvalue weighted by Crippen LogP contribution is 2.24. The molecule has 1 aliphatic heterocycles. The number of amides is 1. The Hall–Kier alpha value is -1.59. The maximum atomic E-state index is 13.0. The number of likely N-dealkylation sites (tertiary alicyclic amines) is 1. The highest BCUT2D eigenvalue weighted by molar-refractivity contribution is 6.42. The van der Waals surface area contributed by atoms with Gasteiger partial charge in [-0.15, -0.1) is 0 Å². The molecule has 0 spiro atoms. The highest BCUT2D eigenvalue weighted by Gasteiger charge is 2.28. The van der Waals surface area contributed by atoms with Gasteiger partial charge < -0.3 is 10.0 Å². The van der Waals surface area contributed by atoms with Crippen LogP contribution in [-0.4, -0.2) is 59.6 Å². The van der Waals surface area contributed by atoms with Gasteiger partial charge in [-0.2, -0.15) is 0 Å². The minimum absolute atomic E-state index is 0.0115. The van der Waals surface area contributed by atoms with Gasteiger partial charge in [0.2, 0.25) is 5.91 Å². The second-order valence-electron chi connectivity index (χ2n) is 7.05. The van der Waals surface area contributed by atoms with Gasteiger partial charge in [-0.3, -0.25) is 9.69 Å². The smallest absolute Gasteiger partial charge is 0.227 e. The van der Waals surface area contributed by atoms with Crippen molar-refractivity contribution in [1.82, 2.24) is 9.80 Å². The van der Waals surface area contributed by atoms with Crippen LogP contribution < -0.4 is 0 Å². The lowest BCUT2D eigenvalue weighted by atomic mass is 10.0. The van der Waals surface area contributed by atoms with Crippen molar-refractivity contribution in [3.8, 4) is 0 Å². The van der Waals surface area contributed by atoms with Crippen LogP contribution in [0.5, 0.6) is 0 Å². The van der Waals surface area contributed by atoms with Gasteiger partial charge in [0.25, 0.3) is 0 Å². The van der Waals surface area contributed by atoms with E-state index in [1.165, 1.54) is 0 Å². The van der Waals surface area contributed by atoms with Crippen LogP contribution in [0.2, 0.25) is 10.0 Å². The number of hydrogen-bond acceptors (Lipinski definition) is 3. The molecule has 1 heterocycles. The van der Waals surface area contributed by atoms with Crippen molar-refractivity contribution in [2.45, 2.75) is 31.9 Å². The van der Waals surface area contributed by atoms with E-state index < -0.39 is 0 Å². The van der Waals surface area contributed by atoms with Crippen LogP contribution in [0, 0.1) is 0 Å². The molecule has 2 atom stereocenters. The third-order valence-electron chi connectivity index (χ3n) is 4.93. The van der Waals surface area contributed by atoms with Crippen molar-refractivity contribution in [2.75, 3.05) is 26.7 Å². The van der Waals surface area contributed by atoms with Gasteiger partial charge in [-0.1, -0.05) is 60.2 Å². The molecule has 0 bridgehead atoms. The Morgan fingerprint density at radius 2 is 2.18 bits per heavy atom. The number of rotatable bonds is 8. The van der Waals surface area contributed by atoms with Crippen LogP contribution in [-0.2, 0) is 11.2 Å². The summed E-state index contributed by atoms with van der Waals surface area (Å²) in [5.41, 5.74) is 1.82. The fourth-order valence-electron chi connectivity index (χ4n) is 3.40. The maximum absolute atomic E-state index is 13.0. The Morgan fingerprint density at radius 1 is 1.43 bits per heavy atom. The summed E-state index contributed by atoms with van der Waals surface area (Å²) in [6.45, 7) is 7.86. The van der Waals surface area contributed by atoms with E-state index >= 15 is 0 Å². The summed E-state index contributed by atoms with van der Waals surface area (Å²) in [7, 11) is 1.82. The van der Waals surface area contributed by atoms with Crippen molar-refractivity contribution in [3.05, 3.63) is 70.3 Å². The van der Waals surface area contributed by atoms with E-state index in [0.717, 1.165) is 24.1 Å². The number of allylic oxidation sites excluding steroid dienone is 3. The minimum atomic E-state index is -0.300. The number of halogens is 2. The fourth-order valence-corrected chi connectivity index (χ4v) is 3.72. The Balaban J connectivity index is 2.21. The lowest BCUT2D eigenvalue weighted by Gasteiger charge is -2.33. The number of carbonyl (C=O) groups is 1. The van der Waals surface area contributed by atoms with E-state index in [0.29, 0.717) is 23.1 Å². The van der Waals surface area contributed by atoms with Crippen molar-refractivity contribution in [3.63, 3.8) is 0 Å². The zero-order chi connectivity index (χ0) is 20.7. The van der Waals surface area contributed by atoms with E-state index in [9.17, 15) is 9.90 Å². The molecule has 1 amide bonds. The molecule has 0 radical (unpaired) electrons. The summed E-state index contributed by atoms with van der Waals surface area (Å²) in [5.74, 6) is -0.0115. The lowest BCUT2D eigenvalue weighted by Crippen LogP contribution is -2.46. The van der Waals surface area contributed by atoms with Crippen LogP contribution in [0.25, 0.3) is 0 Å². The quantitative estimate of drug-likeness (QED) is 0.640. The largest absolute Gasteiger partial charge is 0.392 e. The Bertz CT molecular complexity index is 761. The second kappa shape index (κ2) is 10.8.